The summed E-state index contributed by atoms with van der Waals surface area (Å²) in [6.45, 7) is 4.20. The van der Waals surface area contributed by atoms with Gasteiger partial charge in [0.25, 0.3) is 0 Å². The van der Waals surface area contributed by atoms with Gasteiger partial charge in [0.15, 0.2) is 0 Å². The van der Waals surface area contributed by atoms with E-state index in [1.165, 1.54) is 22.9 Å². The number of hydrogen-bond acceptors (Lipinski definition) is 4. The van der Waals surface area contributed by atoms with Crippen molar-refractivity contribution in [2.24, 2.45) is 0 Å². The Kier molecular flexibility index (Phi) is 6.01. The lowest BCUT2D eigenvalue weighted by molar-refractivity contribution is -0.119. The fourth-order valence-electron chi connectivity index (χ4n) is 2.48. The third kappa shape index (κ3) is 5.16. The molecule has 3 rings (SSSR count). The van der Waals surface area contributed by atoms with Crippen LogP contribution in [0.25, 0.3) is 0 Å². The standard InChI is InChI=1S/C20H22N6O2/c1-14-3-5-16(6-4-14)11-22-20(28)25-18-9-7-17(8-10-18)24-19(27)15(2)26-13-21-12-23-26/h3-10,12-13,15H,11H2,1-2H3,(H,24,27)(H2,22,25,28). The molecule has 3 N–H and O–H groups in total. The zero-order valence-electron chi connectivity index (χ0n) is 15.7. The minimum Gasteiger partial charge on any atom is -0.334 e. The van der Waals surface area contributed by atoms with Crippen molar-refractivity contribution in [1.82, 2.24) is 20.1 Å². The number of anilines is 2. The first-order valence-electron chi connectivity index (χ1n) is 8.87. The van der Waals surface area contributed by atoms with Gasteiger partial charge < -0.3 is 16.0 Å². The summed E-state index contributed by atoms with van der Waals surface area (Å²) in [5.74, 6) is -0.206. The number of urea groups is 1. The molecule has 3 aromatic rings. The molecular weight excluding hydrogens is 356 g/mol. The van der Waals surface area contributed by atoms with Crippen LogP contribution in [-0.2, 0) is 11.3 Å². The van der Waals surface area contributed by atoms with Crippen molar-refractivity contribution in [1.29, 1.82) is 0 Å². The highest BCUT2D eigenvalue weighted by molar-refractivity contribution is 5.94. The topological polar surface area (TPSA) is 101 Å². The number of rotatable bonds is 6. The zero-order chi connectivity index (χ0) is 19.9. The molecule has 0 aliphatic heterocycles. The lowest BCUT2D eigenvalue weighted by Crippen LogP contribution is -2.28. The third-order valence-corrected chi connectivity index (χ3v) is 4.20. The molecule has 1 atom stereocenters. The molecule has 0 aliphatic carbocycles. The Morgan fingerprint density at radius 2 is 1.64 bits per heavy atom. The van der Waals surface area contributed by atoms with Crippen molar-refractivity contribution in [2.75, 3.05) is 10.6 Å². The van der Waals surface area contributed by atoms with Crippen molar-refractivity contribution >= 4 is 23.3 Å². The van der Waals surface area contributed by atoms with Crippen LogP contribution in [0, 0.1) is 6.92 Å². The van der Waals surface area contributed by atoms with Crippen LogP contribution in [0.5, 0.6) is 0 Å². The zero-order valence-corrected chi connectivity index (χ0v) is 15.7. The van der Waals surface area contributed by atoms with Crippen molar-refractivity contribution in [3.63, 3.8) is 0 Å². The van der Waals surface area contributed by atoms with Gasteiger partial charge in [0, 0.05) is 17.9 Å². The summed E-state index contributed by atoms with van der Waals surface area (Å²) < 4.78 is 1.48. The molecule has 1 unspecified atom stereocenters. The van der Waals surface area contributed by atoms with Gasteiger partial charge in [-0.15, -0.1) is 0 Å². The fourth-order valence-corrected chi connectivity index (χ4v) is 2.48. The molecule has 0 saturated carbocycles. The Balaban J connectivity index is 1.49. The summed E-state index contributed by atoms with van der Waals surface area (Å²) in [6.07, 6.45) is 2.88. The molecule has 28 heavy (non-hydrogen) atoms. The van der Waals surface area contributed by atoms with E-state index in [9.17, 15) is 9.59 Å². The highest BCUT2D eigenvalue weighted by Crippen LogP contribution is 2.15. The van der Waals surface area contributed by atoms with Crippen molar-refractivity contribution < 1.29 is 9.59 Å². The van der Waals surface area contributed by atoms with Gasteiger partial charge in [0.2, 0.25) is 5.91 Å². The predicted molar refractivity (Wildman–Crippen MR) is 107 cm³/mol. The first-order chi connectivity index (χ1) is 13.5. The summed E-state index contributed by atoms with van der Waals surface area (Å²) in [6, 6.07) is 14.1. The molecule has 0 fully saturated rings. The Morgan fingerprint density at radius 1 is 1.00 bits per heavy atom. The van der Waals surface area contributed by atoms with Gasteiger partial charge in [-0.25, -0.2) is 14.5 Å². The molecule has 0 radical (unpaired) electrons. The van der Waals surface area contributed by atoms with E-state index in [4.69, 9.17) is 0 Å². The third-order valence-electron chi connectivity index (χ3n) is 4.20. The second-order valence-corrected chi connectivity index (χ2v) is 6.41. The first kappa shape index (κ1) is 19.1. The van der Waals surface area contributed by atoms with Gasteiger partial charge in [-0.2, -0.15) is 5.10 Å². The molecule has 2 aromatic carbocycles. The molecule has 0 bridgehead atoms. The molecule has 1 heterocycles. The van der Waals surface area contributed by atoms with E-state index in [0.29, 0.717) is 17.9 Å². The maximum Gasteiger partial charge on any atom is 0.319 e. The largest absolute Gasteiger partial charge is 0.334 e. The number of aryl methyl sites for hydroxylation is 1. The maximum atomic E-state index is 12.2. The molecule has 144 valence electrons. The van der Waals surface area contributed by atoms with Crippen LogP contribution >= 0.6 is 0 Å². The Hall–Kier alpha value is -3.68. The van der Waals surface area contributed by atoms with Crippen molar-refractivity contribution in [3.05, 3.63) is 72.3 Å². The normalized spacial score (nSPS) is 11.5. The lowest BCUT2D eigenvalue weighted by Gasteiger charge is -2.13. The van der Waals surface area contributed by atoms with Crippen LogP contribution in [0.1, 0.15) is 24.1 Å². The first-order valence-corrected chi connectivity index (χ1v) is 8.87. The van der Waals surface area contributed by atoms with Gasteiger partial charge in [-0.1, -0.05) is 29.8 Å². The van der Waals surface area contributed by atoms with Gasteiger partial charge in [0.1, 0.15) is 18.7 Å². The predicted octanol–water partition coefficient (Wildman–Crippen LogP) is 3.11. The number of benzene rings is 2. The van der Waals surface area contributed by atoms with Crippen LogP contribution in [0.15, 0.2) is 61.2 Å². The number of nitrogens with zero attached hydrogens (tertiary/aromatic N) is 3. The van der Waals surface area contributed by atoms with Crippen LogP contribution < -0.4 is 16.0 Å². The summed E-state index contributed by atoms with van der Waals surface area (Å²) in [5.41, 5.74) is 3.46. The van der Waals surface area contributed by atoms with E-state index in [1.54, 1.807) is 31.2 Å². The Bertz CT molecular complexity index is 920. The lowest BCUT2D eigenvalue weighted by atomic mass is 10.1. The van der Waals surface area contributed by atoms with Crippen LogP contribution in [-0.4, -0.2) is 26.7 Å². The highest BCUT2D eigenvalue weighted by Gasteiger charge is 2.15. The van der Waals surface area contributed by atoms with E-state index in [1.807, 2.05) is 31.2 Å². The second-order valence-electron chi connectivity index (χ2n) is 6.41. The highest BCUT2D eigenvalue weighted by atomic mass is 16.2. The SMILES string of the molecule is Cc1ccc(CNC(=O)Nc2ccc(NC(=O)C(C)n3cncn3)cc2)cc1. The quantitative estimate of drug-likeness (QED) is 0.613. The number of nitrogens with one attached hydrogen (secondary N) is 3. The Labute approximate surface area is 163 Å². The molecule has 8 nitrogen and oxygen atoms in total. The molecule has 1 aromatic heterocycles. The smallest absolute Gasteiger partial charge is 0.319 e. The molecule has 0 spiro atoms. The minimum atomic E-state index is -0.479. The summed E-state index contributed by atoms with van der Waals surface area (Å²) in [5, 5.41) is 12.3. The number of hydrogen-bond donors (Lipinski definition) is 3. The van der Waals surface area contributed by atoms with E-state index >= 15 is 0 Å². The van der Waals surface area contributed by atoms with Crippen molar-refractivity contribution in [3.8, 4) is 0 Å². The van der Waals surface area contributed by atoms with Gasteiger partial charge >= 0.3 is 6.03 Å². The van der Waals surface area contributed by atoms with Crippen LogP contribution in [0.3, 0.4) is 0 Å². The summed E-state index contributed by atoms with van der Waals surface area (Å²) in [4.78, 5) is 28.1. The second kappa shape index (κ2) is 8.81. The van der Waals surface area contributed by atoms with Gasteiger partial charge in [-0.05, 0) is 43.7 Å². The van der Waals surface area contributed by atoms with E-state index < -0.39 is 6.04 Å². The molecule has 0 saturated heterocycles. The molecule has 3 amide bonds. The molecule has 8 heteroatoms. The number of carbonyl (C=O) groups is 2. The molecule has 0 aliphatic rings. The fraction of sp³-hybridized carbons (Fsp3) is 0.200. The van der Waals surface area contributed by atoms with Gasteiger partial charge in [0.05, 0.1) is 0 Å². The molecular formula is C20H22N6O2. The summed E-state index contributed by atoms with van der Waals surface area (Å²) in [7, 11) is 0. The van der Waals surface area contributed by atoms with Gasteiger partial charge in [-0.3, -0.25) is 4.79 Å². The van der Waals surface area contributed by atoms with E-state index in [2.05, 4.69) is 26.0 Å². The van der Waals surface area contributed by atoms with E-state index in [0.717, 1.165) is 5.56 Å². The van der Waals surface area contributed by atoms with Crippen LogP contribution in [0.4, 0.5) is 16.2 Å². The average molecular weight is 378 g/mol. The van der Waals surface area contributed by atoms with Crippen LogP contribution in [0.2, 0.25) is 0 Å². The van der Waals surface area contributed by atoms with Crippen molar-refractivity contribution in [2.45, 2.75) is 26.4 Å². The Morgan fingerprint density at radius 3 is 2.25 bits per heavy atom. The summed E-state index contributed by atoms with van der Waals surface area (Å²) >= 11 is 0. The number of carbonyl (C=O) groups excluding carboxylic acids is 2. The average Bonchev–Trinajstić information content (AvgIpc) is 3.23. The number of aromatic nitrogens is 3. The van der Waals surface area contributed by atoms with E-state index in [-0.39, 0.29) is 11.9 Å². The number of amides is 3. The monoisotopic (exact) mass is 378 g/mol. The minimum absolute atomic E-state index is 0.206. The maximum absolute atomic E-state index is 12.2.